The van der Waals surface area contributed by atoms with E-state index in [-0.39, 0.29) is 60.9 Å². The van der Waals surface area contributed by atoms with Crippen molar-refractivity contribution in [2.24, 2.45) is 17.4 Å². The molecule has 8 N–H and O–H groups in total. The fourth-order valence-corrected chi connectivity index (χ4v) is 10.5. The first kappa shape index (κ1) is 41.6. The van der Waals surface area contributed by atoms with E-state index >= 15 is 0 Å². The van der Waals surface area contributed by atoms with E-state index in [2.05, 4.69) is 35.5 Å². The standard InChI is InChI=1S/C45H52N10O6S/c1-23(2)37(43(59)55-19-29(56)16-33(55)42(58)49-25(4)27-10-12-28(13-11-27)39-26(5)48-22-62-39)35-18-36(53-61-35)60-15-14-54-20-44(46)40(45(44,47)21-54)38-24(3)31-17-32(51-52-41(31)50-38)30-8-6-7-9-34(30)57/h6-13,17-18,22-23,25,29,33,37,40,56-57H,14-16,19-21,46-47H2,1-5H3,(H,49,58)(H,50,52)/t25-,29+,33-,37+,40?,44-,45+/m0/s1. The van der Waals surface area contributed by atoms with Gasteiger partial charge in [-0.05, 0) is 66.7 Å². The number of aryl methyl sites for hydroxylation is 2. The largest absolute Gasteiger partial charge is 0.507 e. The molecular formula is C45H52N10O6S. The number of para-hydroxylation sites is 1. The molecule has 6 heterocycles. The number of aliphatic hydroxyl groups is 1. The molecule has 0 bridgehead atoms. The zero-order valence-electron chi connectivity index (χ0n) is 35.3. The predicted molar refractivity (Wildman–Crippen MR) is 233 cm³/mol. The summed E-state index contributed by atoms with van der Waals surface area (Å²) in [7, 11) is 0. The van der Waals surface area contributed by atoms with E-state index < -0.39 is 29.1 Å². The average molecular weight is 861 g/mol. The van der Waals surface area contributed by atoms with Crippen molar-refractivity contribution in [2.75, 3.05) is 32.8 Å². The topological polar surface area (TPSA) is 235 Å². The number of phenolic OH excluding ortho intramolecular Hbond substituents is 1. The first-order valence-electron chi connectivity index (χ1n) is 21.0. The van der Waals surface area contributed by atoms with Gasteiger partial charge in [-0.2, -0.15) is 0 Å². The second kappa shape index (κ2) is 15.9. The van der Waals surface area contributed by atoms with Gasteiger partial charge in [0, 0.05) is 61.2 Å². The Labute approximate surface area is 362 Å². The number of rotatable bonds is 13. The normalized spacial score (nSPS) is 24.4. The lowest BCUT2D eigenvalue weighted by atomic mass is 9.91. The van der Waals surface area contributed by atoms with Gasteiger partial charge in [-0.3, -0.25) is 14.5 Å². The lowest BCUT2D eigenvalue weighted by Crippen LogP contribution is -2.48. The maximum Gasteiger partial charge on any atom is 0.254 e. The fraction of sp³-hybridized carbons (Fsp3) is 0.422. The molecule has 4 aromatic heterocycles. The van der Waals surface area contributed by atoms with Gasteiger partial charge in [0.2, 0.25) is 11.8 Å². The monoisotopic (exact) mass is 860 g/mol. The minimum absolute atomic E-state index is 0.0331. The van der Waals surface area contributed by atoms with E-state index in [1.807, 2.05) is 76.5 Å². The predicted octanol–water partition coefficient (Wildman–Crippen LogP) is 4.52. The Bertz CT molecular complexity index is 2630. The van der Waals surface area contributed by atoms with Gasteiger partial charge in [0.05, 0.1) is 45.0 Å². The number of nitrogens with one attached hydrogen (secondary N) is 2. The number of phenols is 1. The molecule has 0 spiro atoms. The fourth-order valence-electron chi connectivity index (χ4n) is 9.72. The number of hydrogen-bond acceptors (Lipinski definition) is 14. The van der Waals surface area contributed by atoms with Crippen LogP contribution in [0.3, 0.4) is 0 Å². The number of aromatic nitrogens is 5. The maximum atomic E-state index is 14.2. The van der Waals surface area contributed by atoms with E-state index in [9.17, 15) is 19.8 Å². The van der Waals surface area contributed by atoms with E-state index in [4.69, 9.17) is 20.7 Å². The van der Waals surface area contributed by atoms with Crippen molar-refractivity contribution in [2.45, 2.75) is 82.1 Å². The third-order valence-electron chi connectivity index (χ3n) is 13.2. The molecule has 3 fully saturated rings. The van der Waals surface area contributed by atoms with Gasteiger partial charge in [-0.15, -0.1) is 21.5 Å². The number of fused-ring (bicyclic) bond motifs is 2. The molecule has 2 saturated heterocycles. The average Bonchev–Trinajstić information content (AvgIpc) is 3.97. The highest BCUT2D eigenvalue weighted by atomic mass is 32.1. The summed E-state index contributed by atoms with van der Waals surface area (Å²) in [5.41, 5.74) is 21.3. The van der Waals surface area contributed by atoms with Gasteiger partial charge in [-0.25, -0.2) is 4.98 Å². The summed E-state index contributed by atoms with van der Waals surface area (Å²) in [4.78, 5) is 40.4. The molecule has 2 aliphatic heterocycles. The van der Waals surface area contributed by atoms with Crippen molar-refractivity contribution < 1.29 is 29.1 Å². The Hall–Kier alpha value is -5.72. The number of carbonyl (C=O) groups excluding carboxylic acids is 2. The van der Waals surface area contributed by atoms with Gasteiger partial charge in [0.25, 0.3) is 5.88 Å². The number of thiazole rings is 1. The number of piperidine rings is 1. The number of β-amino-alcohol motifs (C(OH)–C–C–N with tert-alkyl or cyclic N) is 1. The zero-order chi connectivity index (χ0) is 43.7. The van der Waals surface area contributed by atoms with Gasteiger partial charge in [0.1, 0.15) is 24.3 Å². The number of benzene rings is 2. The molecule has 2 aromatic carbocycles. The van der Waals surface area contributed by atoms with Crippen molar-refractivity contribution >= 4 is 34.2 Å². The molecule has 17 heteroatoms. The molecule has 7 atom stereocenters. The van der Waals surface area contributed by atoms with Crippen LogP contribution < -0.4 is 21.5 Å². The molecule has 1 saturated carbocycles. The van der Waals surface area contributed by atoms with Gasteiger partial charge >= 0.3 is 0 Å². The molecule has 1 unspecified atom stereocenters. The summed E-state index contributed by atoms with van der Waals surface area (Å²) in [6.07, 6.45) is -0.710. The van der Waals surface area contributed by atoms with Gasteiger partial charge < -0.3 is 46.1 Å². The van der Waals surface area contributed by atoms with E-state index in [0.29, 0.717) is 42.3 Å². The lowest BCUT2D eigenvalue weighted by Gasteiger charge is -2.29. The molecule has 9 rings (SSSR count). The summed E-state index contributed by atoms with van der Waals surface area (Å²) in [5.74, 6) is -1.02. The Balaban J connectivity index is 0.802. The number of aromatic hydroxyl groups is 1. The number of ether oxygens (including phenoxy) is 1. The van der Waals surface area contributed by atoms with Crippen molar-refractivity contribution in [3.05, 3.63) is 94.4 Å². The van der Waals surface area contributed by atoms with E-state index in [1.165, 1.54) is 4.90 Å². The Morgan fingerprint density at radius 3 is 2.50 bits per heavy atom. The quantitative estimate of drug-likeness (QED) is 0.0939. The zero-order valence-corrected chi connectivity index (χ0v) is 36.1. The molecule has 16 nitrogen and oxygen atoms in total. The van der Waals surface area contributed by atoms with Crippen molar-refractivity contribution in [3.63, 3.8) is 0 Å². The molecule has 62 heavy (non-hydrogen) atoms. The summed E-state index contributed by atoms with van der Waals surface area (Å²) in [6.45, 7) is 11.7. The number of hydrogen-bond donors (Lipinski definition) is 6. The molecule has 6 aromatic rings. The molecule has 2 amide bonds. The number of carbonyl (C=O) groups is 2. The Kier molecular flexibility index (Phi) is 10.7. The molecule has 0 radical (unpaired) electrons. The van der Waals surface area contributed by atoms with Crippen LogP contribution in [0.1, 0.15) is 73.3 Å². The van der Waals surface area contributed by atoms with Crippen LogP contribution in [0, 0.1) is 19.8 Å². The first-order valence-corrected chi connectivity index (χ1v) is 21.9. The van der Waals surface area contributed by atoms with Crippen LogP contribution in [0.2, 0.25) is 0 Å². The number of H-pyrrole nitrogens is 1. The number of amides is 2. The highest BCUT2D eigenvalue weighted by molar-refractivity contribution is 7.13. The first-order chi connectivity index (χ1) is 29.7. The van der Waals surface area contributed by atoms with Crippen LogP contribution in [0.5, 0.6) is 11.6 Å². The maximum absolute atomic E-state index is 14.2. The highest BCUT2D eigenvalue weighted by Crippen LogP contribution is 2.62. The molecule has 1 aliphatic carbocycles. The number of aliphatic hydroxyl groups excluding tert-OH is 1. The van der Waals surface area contributed by atoms with Gasteiger partial charge in [-0.1, -0.05) is 50.2 Å². The summed E-state index contributed by atoms with van der Waals surface area (Å²) < 4.78 is 11.7. The smallest absolute Gasteiger partial charge is 0.254 e. The second-order valence-electron chi connectivity index (χ2n) is 17.5. The highest BCUT2D eigenvalue weighted by Gasteiger charge is 2.78. The Morgan fingerprint density at radius 2 is 1.81 bits per heavy atom. The summed E-state index contributed by atoms with van der Waals surface area (Å²) in [6, 6.07) is 17.4. The van der Waals surface area contributed by atoms with E-state index in [1.54, 1.807) is 35.6 Å². The third kappa shape index (κ3) is 7.20. The second-order valence-corrected chi connectivity index (χ2v) is 18.4. The number of aromatic amines is 1. The molecular weight excluding hydrogens is 809 g/mol. The number of nitrogens with zero attached hydrogens (tertiary/aromatic N) is 6. The van der Waals surface area contributed by atoms with Gasteiger partial charge in [0.15, 0.2) is 11.4 Å². The Morgan fingerprint density at radius 1 is 1.06 bits per heavy atom. The van der Waals surface area contributed by atoms with Crippen LogP contribution in [0.25, 0.3) is 32.7 Å². The SMILES string of the molecule is Cc1ncsc1-c1ccc([C@H](C)NC(=O)[C@@H]2C[C@@H](O)CN2C(=O)[C@@H](c2cc(OCCN3C[C@@]4(N)C(c5[nH]c6nnc(-c7ccccc7O)cc6c5C)[C@@]4(N)C3)no2)C(C)C)cc1. The minimum Gasteiger partial charge on any atom is -0.507 e. The van der Waals surface area contributed by atoms with Crippen LogP contribution in [0.4, 0.5) is 0 Å². The lowest BCUT2D eigenvalue weighted by molar-refractivity contribution is -0.141. The summed E-state index contributed by atoms with van der Waals surface area (Å²) in [5, 5.41) is 37.9. The van der Waals surface area contributed by atoms with Crippen LogP contribution in [0.15, 0.2) is 70.7 Å². The number of likely N-dealkylation sites (tertiary alicyclic amines) is 2. The van der Waals surface area contributed by atoms with Crippen molar-refractivity contribution in [3.8, 4) is 33.3 Å². The van der Waals surface area contributed by atoms with Crippen molar-refractivity contribution in [1.29, 1.82) is 0 Å². The van der Waals surface area contributed by atoms with Crippen LogP contribution in [-0.2, 0) is 9.59 Å². The van der Waals surface area contributed by atoms with Crippen LogP contribution in [-0.4, -0.2) is 113 Å². The van der Waals surface area contributed by atoms with Crippen LogP contribution >= 0.6 is 11.3 Å². The minimum atomic E-state index is -0.849. The van der Waals surface area contributed by atoms with Crippen molar-refractivity contribution in [1.82, 2.24) is 40.4 Å². The molecule has 3 aliphatic rings. The summed E-state index contributed by atoms with van der Waals surface area (Å²) >= 11 is 1.58. The number of nitrogens with two attached hydrogens (primary N) is 2. The third-order valence-corrected chi connectivity index (χ3v) is 14.1. The van der Waals surface area contributed by atoms with E-state index in [0.717, 1.165) is 38.3 Å². The molecule has 324 valence electrons.